The van der Waals surface area contributed by atoms with E-state index in [9.17, 15) is 4.79 Å². The van der Waals surface area contributed by atoms with E-state index in [1.807, 2.05) is 60.7 Å². The number of benzene rings is 2. The van der Waals surface area contributed by atoms with Crippen LogP contribution in [0.25, 0.3) is 0 Å². The predicted molar refractivity (Wildman–Crippen MR) is 95.4 cm³/mol. The maximum absolute atomic E-state index is 12.2. The Balaban J connectivity index is 2.02. The standard InChI is InChI=1S/C21H22O3/c1-3-19(22)21(24-16-18-13-9-6-10-14-18)20(4-2)23-15-17-11-7-5-8-12-17/h3-14,20-21H,1-2,15-16H2/t20-,21-/m0/s1. The van der Waals surface area contributed by atoms with Gasteiger partial charge < -0.3 is 9.47 Å². The summed E-state index contributed by atoms with van der Waals surface area (Å²) in [6.07, 6.45) is 1.56. The van der Waals surface area contributed by atoms with E-state index in [1.54, 1.807) is 6.08 Å². The number of carbonyl (C=O) groups is 1. The Labute approximate surface area is 143 Å². The molecule has 0 bridgehead atoms. The van der Waals surface area contributed by atoms with Crippen LogP contribution in [0.2, 0.25) is 0 Å². The normalized spacial score (nSPS) is 13.0. The molecule has 0 aliphatic heterocycles. The average Bonchev–Trinajstić information content (AvgIpc) is 2.65. The van der Waals surface area contributed by atoms with Crippen molar-refractivity contribution >= 4 is 5.78 Å². The van der Waals surface area contributed by atoms with Gasteiger partial charge in [-0.25, -0.2) is 0 Å². The third-order valence-corrected chi connectivity index (χ3v) is 3.57. The molecule has 0 unspecified atom stereocenters. The maximum Gasteiger partial charge on any atom is 0.186 e. The minimum absolute atomic E-state index is 0.219. The van der Waals surface area contributed by atoms with Crippen LogP contribution in [-0.4, -0.2) is 18.0 Å². The fourth-order valence-corrected chi connectivity index (χ4v) is 2.26. The van der Waals surface area contributed by atoms with Crippen molar-refractivity contribution in [3.05, 3.63) is 97.1 Å². The summed E-state index contributed by atoms with van der Waals surface area (Å²) in [5, 5.41) is 0. The number of hydrogen-bond donors (Lipinski definition) is 0. The third-order valence-electron chi connectivity index (χ3n) is 3.57. The Morgan fingerprint density at radius 1 is 0.875 bits per heavy atom. The van der Waals surface area contributed by atoms with Crippen molar-refractivity contribution in [1.29, 1.82) is 0 Å². The molecule has 0 fully saturated rings. The third kappa shape index (κ3) is 5.30. The van der Waals surface area contributed by atoms with E-state index in [1.165, 1.54) is 6.08 Å². The lowest BCUT2D eigenvalue weighted by molar-refractivity contribution is -0.136. The van der Waals surface area contributed by atoms with Crippen molar-refractivity contribution in [3.63, 3.8) is 0 Å². The topological polar surface area (TPSA) is 35.5 Å². The average molecular weight is 322 g/mol. The molecule has 0 aromatic heterocycles. The molecule has 0 heterocycles. The first kappa shape index (κ1) is 17.9. The van der Waals surface area contributed by atoms with E-state index in [0.717, 1.165) is 11.1 Å². The van der Waals surface area contributed by atoms with Crippen LogP contribution in [0, 0.1) is 0 Å². The molecule has 3 nitrogen and oxygen atoms in total. The van der Waals surface area contributed by atoms with Gasteiger partial charge in [0.05, 0.1) is 13.2 Å². The predicted octanol–water partition coefficient (Wildman–Crippen LogP) is 4.10. The Hall–Kier alpha value is -2.49. The molecule has 3 heteroatoms. The van der Waals surface area contributed by atoms with Gasteiger partial charge in [0, 0.05) is 0 Å². The zero-order chi connectivity index (χ0) is 17.2. The van der Waals surface area contributed by atoms with E-state index >= 15 is 0 Å². The summed E-state index contributed by atoms with van der Waals surface area (Å²) in [5.74, 6) is -0.219. The molecule has 24 heavy (non-hydrogen) atoms. The highest BCUT2D eigenvalue weighted by molar-refractivity contribution is 5.93. The monoisotopic (exact) mass is 322 g/mol. The zero-order valence-electron chi connectivity index (χ0n) is 13.6. The van der Waals surface area contributed by atoms with Gasteiger partial charge in [0.25, 0.3) is 0 Å². The molecule has 0 amide bonds. The summed E-state index contributed by atoms with van der Waals surface area (Å²) in [7, 11) is 0. The van der Waals surface area contributed by atoms with Crippen molar-refractivity contribution in [2.45, 2.75) is 25.4 Å². The molecule has 0 spiro atoms. The van der Waals surface area contributed by atoms with Crippen molar-refractivity contribution in [2.75, 3.05) is 0 Å². The number of ether oxygens (including phenoxy) is 2. The Morgan fingerprint density at radius 2 is 1.38 bits per heavy atom. The highest BCUT2D eigenvalue weighted by atomic mass is 16.5. The summed E-state index contributed by atoms with van der Waals surface area (Å²) in [6.45, 7) is 8.03. The van der Waals surface area contributed by atoms with Crippen LogP contribution in [0.3, 0.4) is 0 Å². The minimum Gasteiger partial charge on any atom is -0.366 e. The molecule has 0 radical (unpaired) electrons. The fourth-order valence-electron chi connectivity index (χ4n) is 2.26. The molecule has 0 aliphatic rings. The van der Waals surface area contributed by atoms with Crippen LogP contribution in [0.15, 0.2) is 86.0 Å². The second kappa shape index (κ2) is 9.60. The van der Waals surface area contributed by atoms with E-state index in [0.29, 0.717) is 13.2 Å². The van der Waals surface area contributed by atoms with Crippen LogP contribution in [0.5, 0.6) is 0 Å². The number of rotatable bonds is 10. The van der Waals surface area contributed by atoms with Gasteiger partial charge in [-0.1, -0.05) is 73.3 Å². The summed E-state index contributed by atoms with van der Waals surface area (Å²) in [6, 6.07) is 19.5. The van der Waals surface area contributed by atoms with Crippen LogP contribution < -0.4 is 0 Å². The maximum atomic E-state index is 12.2. The van der Waals surface area contributed by atoms with E-state index in [4.69, 9.17) is 9.47 Å². The van der Waals surface area contributed by atoms with Gasteiger partial charge in [-0.15, -0.1) is 6.58 Å². The van der Waals surface area contributed by atoms with E-state index in [-0.39, 0.29) is 5.78 Å². The van der Waals surface area contributed by atoms with Crippen molar-refractivity contribution in [2.24, 2.45) is 0 Å². The van der Waals surface area contributed by atoms with Gasteiger partial charge >= 0.3 is 0 Å². The largest absolute Gasteiger partial charge is 0.366 e. The zero-order valence-corrected chi connectivity index (χ0v) is 13.6. The lowest BCUT2D eigenvalue weighted by Gasteiger charge is -2.23. The molecule has 0 saturated heterocycles. The lowest BCUT2D eigenvalue weighted by atomic mass is 10.1. The van der Waals surface area contributed by atoms with Crippen LogP contribution >= 0.6 is 0 Å². The fraction of sp³-hybridized carbons (Fsp3) is 0.190. The summed E-state index contributed by atoms with van der Waals surface area (Å²) in [5.41, 5.74) is 2.02. The minimum atomic E-state index is -0.760. The van der Waals surface area contributed by atoms with E-state index in [2.05, 4.69) is 13.2 Å². The summed E-state index contributed by atoms with van der Waals surface area (Å²) in [4.78, 5) is 12.2. The molecule has 2 aromatic carbocycles. The smallest absolute Gasteiger partial charge is 0.186 e. The van der Waals surface area contributed by atoms with Gasteiger partial charge in [-0.05, 0) is 17.2 Å². The highest BCUT2D eigenvalue weighted by Crippen LogP contribution is 2.14. The van der Waals surface area contributed by atoms with Crippen molar-refractivity contribution in [3.8, 4) is 0 Å². The van der Waals surface area contributed by atoms with Gasteiger partial charge in [0.15, 0.2) is 5.78 Å². The summed E-state index contributed by atoms with van der Waals surface area (Å²) < 4.78 is 11.6. The molecule has 0 aliphatic carbocycles. The molecular formula is C21H22O3. The highest BCUT2D eigenvalue weighted by Gasteiger charge is 2.26. The first-order valence-corrected chi connectivity index (χ1v) is 7.84. The Bertz CT molecular complexity index is 649. The Kier molecular flexibility index (Phi) is 7.15. The van der Waals surface area contributed by atoms with Crippen LogP contribution in [0.4, 0.5) is 0 Å². The van der Waals surface area contributed by atoms with Crippen molar-refractivity contribution in [1.82, 2.24) is 0 Å². The number of hydrogen-bond acceptors (Lipinski definition) is 3. The molecule has 124 valence electrons. The molecule has 0 saturated carbocycles. The second-order valence-corrected chi connectivity index (χ2v) is 5.32. The molecule has 0 N–H and O–H groups in total. The van der Waals surface area contributed by atoms with Crippen LogP contribution in [-0.2, 0) is 27.5 Å². The first-order valence-electron chi connectivity index (χ1n) is 7.84. The lowest BCUT2D eigenvalue weighted by Crippen LogP contribution is -2.36. The van der Waals surface area contributed by atoms with Gasteiger partial charge in [0.1, 0.15) is 12.2 Å². The Morgan fingerprint density at radius 3 is 1.83 bits per heavy atom. The SMILES string of the molecule is C=CC(=O)[C@H](OCc1ccccc1)[C@H](C=C)OCc1ccccc1. The molecule has 2 aromatic rings. The summed E-state index contributed by atoms with van der Waals surface area (Å²) >= 11 is 0. The van der Waals surface area contributed by atoms with E-state index < -0.39 is 12.2 Å². The van der Waals surface area contributed by atoms with Crippen molar-refractivity contribution < 1.29 is 14.3 Å². The van der Waals surface area contributed by atoms with Gasteiger partial charge in [0.2, 0.25) is 0 Å². The molecule has 2 rings (SSSR count). The number of ketones is 1. The number of carbonyl (C=O) groups excluding carboxylic acids is 1. The van der Waals surface area contributed by atoms with Gasteiger partial charge in [-0.2, -0.15) is 0 Å². The molecular weight excluding hydrogens is 300 g/mol. The second-order valence-electron chi connectivity index (χ2n) is 5.32. The molecule has 2 atom stereocenters. The van der Waals surface area contributed by atoms with Crippen LogP contribution in [0.1, 0.15) is 11.1 Å². The van der Waals surface area contributed by atoms with Gasteiger partial charge in [-0.3, -0.25) is 4.79 Å². The quantitative estimate of drug-likeness (QED) is 0.488. The first-order chi connectivity index (χ1) is 11.7.